The number of benzene rings is 1. The summed E-state index contributed by atoms with van der Waals surface area (Å²) in [6, 6.07) is 4.66. The van der Waals surface area contributed by atoms with E-state index in [0.29, 0.717) is 29.8 Å². The highest BCUT2D eigenvalue weighted by atomic mass is 16.3. The van der Waals surface area contributed by atoms with Gasteiger partial charge in [0.15, 0.2) is 0 Å². The number of aliphatic hydroxyl groups excluding tert-OH is 1. The first-order chi connectivity index (χ1) is 12.0. The number of nitrogens with one attached hydrogen (secondary N) is 1. The average molecular weight is 346 g/mol. The van der Waals surface area contributed by atoms with Gasteiger partial charge in [-0.05, 0) is 37.0 Å². The molecule has 0 saturated heterocycles. The topological polar surface area (TPSA) is 86.7 Å². The largest absolute Gasteiger partial charge is 0.396 e. The van der Waals surface area contributed by atoms with Gasteiger partial charge in [0, 0.05) is 25.3 Å². The number of carbonyl (C=O) groups excluding carboxylic acids is 3. The molecule has 25 heavy (non-hydrogen) atoms. The standard InChI is InChI=1S/C19H26N2O4/c1-13(2)12-21-18(24)15-8-7-14(11-16(15)19(21)25)17(23)20-9-5-3-4-6-10-22/h7-8,11,13,22H,3-6,9-10,12H2,1-2H3,(H,20,23). The van der Waals surface area contributed by atoms with Crippen molar-refractivity contribution < 1.29 is 19.5 Å². The van der Waals surface area contributed by atoms with Crippen LogP contribution < -0.4 is 5.32 Å². The van der Waals surface area contributed by atoms with E-state index in [1.807, 2.05) is 13.8 Å². The molecule has 1 aromatic rings. The first-order valence-corrected chi connectivity index (χ1v) is 8.85. The molecule has 1 aliphatic rings. The van der Waals surface area contributed by atoms with E-state index in [0.717, 1.165) is 25.7 Å². The SMILES string of the molecule is CC(C)CN1C(=O)c2ccc(C(=O)NCCCCCCO)cc2C1=O. The highest BCUT2D eigenvalue weighted by molar-refractivity contribution is 6.22. The van der Waals surface area contributed by atoms with Gasteiger partial charge >= 0.3 is 0 Å². The van der Waals surface area contributed by atoms with Crippen LogP contribution in [0.25, 0.3) is 0 Å². The van der Waals surface area contributed by atoms with E-state index in [1.54, 1.807) is 12.1 Å². The zero-order chi connectivity index (χ0) is 18.4. The number of rotatable bonds is 9. The summed E-state index contributed by atoms with van der Waals surface area (Å²) in [7, 11) is 0. The summed E-state index contributed by atoms with van der Waals surface area (Å²) in [6.07, 6.45) is 3.51. The molecule has 0 atom stereocenters. The molecule has 1 aromatic carbocycles. The Kier molecular flexibility index (Phi) is 6.70. The molecule has 6 heteroatoms. The second-order valence-corrected chi connectivity index (χ2v) is 6.77. The molecule has 1 aliphatic heterocycles. The smallest absolute Gasteiger partial charge is 0.261 e. The number of hydrogen-bond donors (Lipinski definition) is 2. The molecule has 6 nitrogen and oxygen atoms in total. The first kappa shape index (κ1) is 19.1. The zero-order valence-electron chi connectivity index (χ0n) is 14.9. The van der Waals surface area contributed by atoms with Crippen LogP contribution in [-0.2, 0) is 0 Å². The fourth-order valence-electron chi connectivity index (χ4n) is 2.86. The van der Waals surface area contributed by atoms with Gasteiger partial charge < -0.3 is 10.4 Å². The normalized spacial score (nSPS) is 13.5. The molecule has 2 N–H and O–H groups in total. The minimum atomic E-state index is -0.327. The lowest BCUT2D eigenvalue weighted by atomic mass is 10.1. The van der Waals surface area contributed by atoms with Crippen molar-refractivity contribution in [3.05, 3.63) is 34.9 Å². The Morgan fingerprint density at radius 1 is 1.08 bits per heavy atom. The van der Waals surface area contributed by atoms with Gasteiger partial charge in [-0.3, -0.25) is 19.3 Å². The van der Waals surface area contributed by atoms with Crippen molar-refractivity contribution in [1.82, 2.24) is 10.2 Å². The van der Waals surface area contributed by atoms with Crippen LogP contribution in [0.3, 0.4) is 0 Å². The van der Waals surface area contributed by atoms with E-state index in [2.05, 4.69) is 5.32 Å². The van der Waals surface area contributed by atoms with Crippen LogP contribution in [-0.4, -0.2) is 47.4 Å². The monoisotopic (exact) mass is 346 g/mol. The Hall–Kier alpha value is -2.21. The molecule has 2 rings (SSSR count). The van der Waals surface area contributed by atoms with Crippen molar-refractivity contribution in [3.8, 4) is 0 Å². The maximum Gasteiger partial charge on any atom is 0.261 e. The summed E-state index contributed by atoms with van der Waals surface area (Å²) in [5, 5.41) is 11.5. The van der Waals surface area contributed by atoms with Gasteiger partial charge in [-0.25, -0.2) is 0 Å². The van der Waals surface area contributed by atoms with Crippen molar-refractivity contribution in [2.45, 2.75) is 39.5 Å². The minimum Gasteiger partial charge on any atom is -0.396 e. The summed E-state index contributed by atoms with van der Waals surface area (Å²) >= 11 is 0. The Labute approximate surface area is 148 Å². The fourth-order valence-corrected chi connectivity index (χ4v) is 2.86. The van der Waals surface area contributed by atoms with E-state index in [-0.39, 0.29) is 30.2 Å². The van der Waals surface area contributed by atoms with Crippen molar-refractivity contribution in [2.24, 2.45) is 5.92 Å². The predicted octanol–water partition coefficient (Wildman–Crippen LogP) is 2.22. The summed E-state index contributed by atoms with van der Waals surface area (Å²) < 4.78 is 0. The molecule has 136 valence electrons. The third-order valence-electron chi connectivity index (χ3n) is 4.15. The molecule has 0 fully saturated rings. The predicted molar refractivity (Wildman–Crippen MR) is 94.5 cm³/mol. The molecular weight excluding hydrogens is 320 g/mol. The highest BCUT2D eigenvalue weighted by Gasteiger charge is 2.36. The fraction of sp³-hybridized carbons (Fsp3) is 0.526. The van der Waals surface area contributed by atoms with Gasteiger partial charge in [0.25, 0.3) is 17.7 Å². The van der Waals surface area contributed by atoms with Crippen LogP contribution in [0.2, 0.25) is 0 Å². The number of amides is 3. The van der Waals surface area contributed by atoms with E-state index in [1.165, 1.54) is 11.0 Å². The molecule has 0 radical (unpaired) electrons. The second kappa shape index (κ2) is 8.76. The second-order valence-electron chi connectivity index (χ2n) is 6.77. The Morgan fingerprint density at radius 2 is 1.76 bits per heavy atom. The molecule has 0 unspecified atom stereocenters. The van der Waals surface area contributed by atoms with Crippen molar-refractivity contribution in [3.63, 3.8) is 0 Å². The van der Waals surface area contributed by atoms with E-state index in [9.17, 15) is 14.4 Å². The van der Waals surface area contributed by atoms with Gasteiger partial charge in [0.2, 0.25) is 0 Å². The number of aliphatic hydroxyl groups is 1. The molecule has 0 bridgehead atoms. The Balaban J connectivity index is 1.98. The summed E-state index contributed by atoms with van der Waals surface area (Å²) in [4.78, 5) is 38.2. The van der Waals surface area contributed by atoms with E-state index in [4.69, 9.17) is 5.11 Å². The molecule has 0 aliphatic carbocycles. The third kappa shape index (κ3) is 4.66. The number of imide groups is 1. The maximum atomic E-state index is 12.4. The van der Waals surface area contributed by atoms with Gasteiger partial charge in [0.05, 0.1) is 11.1 Å². The van der Waals surface area contributed by atoms with Gasteiger partial charge in [0.1, 0.15) is 0 Å². The van der Waals surface area contributed by atoms with Crippen LogP contribution in [0.5, 0.6) is 0 Å². The Bertz CT molecular complexity index is 655. The average Bonchev–Trinajstić information content (AvgIpc) is 2.82. The highest BCUT2D eigenvalue weighted by Crippen LogP contribution is 2.24. The number of fused-ring (bicyclic) bond motifs is 1. The van der Waals surface area contributed by atoms with Crippen LogP contribution >= 0.6 is 0 Å². The van der Waals surface area contributed by atoms with Crippen LogP contribution in [0.15, 0.2) is 18.2 Å². The summed E-state index contributed by atoms with van der Waals surface area (Å²) in [5.74, 6) is -0.666. The lowest BCUT2D eigenvalue weighted by Crippen LogP contribution is -2.33. The van der Waals surface area contributed by atoms with Crippen molar-refractivity contribution in [2.75, 3.05) is 19.7 Å². The van der Waals surface area contributed by atoms with E-state index >= 15 is 0 Å². The number of nitrogens with zero attached hydrogens (tertiary/aromatic N) is 1. The number of hydrogen-bond acceptors (Lipinski definition) is 4. The van der Waals surface area contributed by atoms with E-state index < -0.39 is 0 Å². The lowest BCUT2D eigenvalue weighted by molar-refractivity contribution is 0.0636. The molecule has 0 saturated carbocycles. The molecule has 0 spiro atoms. The van der Waals surface area contributed by atoms with Gasteiger partial charge in [-0.1, -0.05) is 26.7 Å². The minimum absolute atomic E-state index is 0.191. The van der Waals surface area contributed by atoms with Crippen molar-refractivity contribution in [1.29, 1.82) is 0 Å². The van der Waals surface area contributed by atoms with Crippen LogP contribution in [0.4, 0.5) is 0 Å². The van der Waals surface area contributed by atoms with Gasteiger partial charge in [-0.2, -0.15) is 0 Å². The lowest BCUT2D eigenvalue weighted by Gasteiger charge is -2.15. The van der Waals surface area contributed by atoms with Crippen molar-refractivity contribution >= 4 is 17.7 Å². The Morgan fingerprint density at radius 3 is 2.44 bits per heavy atom. The first-order valence-electron chi connectivity index (χ1n) is 8.85. The third-order valence-corrected chi connectivity index (χ3v) is 4.15. The quantitative estimate of drug-likeness (QED) is 0.530. The zero-order valence-corrected chi connectivity index (χ0v) is 14.9. The van der Waals surface area contributed by atoms with Gasteiger partial charge in [-0.15, -0.1) is 0 Å². The summed E-state index contributed by atoms with van der Waals surface area (Å²) in [5.41, 5.74) is 1.06. The summed E-state index contributed by atoms with van der Waals surface area (Å²) in [6.45, 7) is 5.02. The molecular formula is C19H26N2O4. The molecule has 3 amide bonds. The van der Waals surface area contributed by atoms with Crippen LogP contribution in [0.1, 0.15) is 70.6 Å². The number of carbonyl (C=O) groups is 3. The number of unbranched alkanes of at least 4 members (excludes halogenated alkanes) is 3. The maximum absolute atomic E-state index is 12.4. The molecule has 1 heterocycles. The molecule has 0 aromatic heterocycles. The van der Waals surface area contributed by atoms with Crippen LogP contribution in [0, 0.1) is 5.92 Å².